The number of piperidine rings is 3. The average molecular weight is 367 g/mol. The van der Waals surface area contributed by atoms with Crippen LogP contribution in [0.2, 0.25) is 0 Å². The van der Waals surface area contributed by atoms with E-state index in [-0.39, 0.29) is 11.9 Å². The van der Waals surface area contributed by atoms with E-state index in [1.165, 1.54) is 12.7 Å². The number of nitrogens with zero attached hydrogens (tertiary/aromatic N) is 1. The van der Waals surface area contributed by atoms with Crippen molar-refractivity contribution < 1.29 is 14.6 Å². The number of ether oxygens (including phenoxy) is 1. The second-order valence-electron chi connectivity index (χ2n) is 7.64. The molecule has 3 fully saturated rings. The molecule has 1 N–H and O–H groups in total. The summed E-state index contributed by atoms with van der Waals surface area (Å²) in [4.78, 5) is 13.6. The summed E-state index contributed by atoms with van der Waals surface area (Å²) in [6.45, 7) is 6.67. The molecule has 1 unspecified atom stereocenters. The van der Waals surface area contributed by atoms with Crippen LogP contribution in [0.5, 0.6) is 0 Å². The topological polar surface area (TPSA) is 49.8 Å². The van der Waals surface area contributed by atoms with Crippen LogP contribution in [0.4, 0.5) is 0 Å². The number of fused-ring (bicyclic) bond motifs is 3. The quantitative estimate of drug-likeness (QED) is 0.477. The molecule has 0 saturated carbocycles. The summed E-state index contributed by atoms with van der Waals surface area (Å²) in [5.41, 5.74) is 2.37. The smallest absolute Gasteiger partial charge is 0.305 e. The Morgan fingerprint density at radius 3 is 2.85 bits per heavy atom. The number of carbonyl (C=O) groups is 1. The predicted molar refractivity (Wildman–Crippen MR) is 106 cm³/mol. The van der Waals surface area contributed by atoms with Crippen LogP contribution in [-0.2, 0) is 22.4 Å². The molecule has 0 radical (unpaired) electrons. The minimum absolute atomic E-state index is 0.172. The maximum absolute atomic E-state index is 11.3. The number of aliphatic hydroxyl groups is 1. The van der Waals surface area contributed by atoms with Crippen molar-refractivity contribution in [1.29, 1.82) is 0 Å². The monoisotopic (exact) mass is 367 g/mol. The summed E-state index contributed by atoms with van der Waals surface area (Å²) in [5, 5.41) is 11.0. The fourth-order valence-electron chi connectivity index (χ4n) is 4.14. The summed E-state index contributed by atoms with van der Waals surface area (Å²) < 4.78 is 4.69. The lowest BCUT2D eigenvalue weighted by Gasteiger charge is -2.47. The van der Waals surface area contributed by atoms with Crippen LogP contribution in [0, 0.1) is 17.8 Å². The largest absolute Gasteiger partial charge is 0.469 e. The summed E-state index contributed by atoms with van der Waals surface area (Å²) in [5.74, 6) is 6.57. The predicted octanol–water partition coefficient (Wildman–Crippen LogP) is 2.72. The van der Waals surface area contributed by atoms with Crippen LogP contribution < -0.4 is 0 Å². The van der Waals surface area contributed by atoms with Gasteiger partial charge in [0.25, 0.3) is 0 Å². The van der Waals surface area contributed by atoms with Crippen molar-refractivity contribution in [2.75, 3.05) is 26.7 Å². The van der Waals surface area contributed by atoms with E-state index < -0.39 is 5.60 Å². The minimum atomic E-state index is -0.888. The van der Waals surface area contributed by atoms with Crippen LogP contribution in [0.15, 0.2) is 30.9 Å². The number of aryl methyl sites for hydroxylation is 1. The van der Waals surface area contributed by atoms with Gasteiger partial charge in [-0.3, -0.25) is 9.69 Å². The van der Waals surface area contributed by atoms with Gasteiger partial charge < -0.3 is 9.84 Å². The van der Waals surface area contributed by atoms with Crippen LogP contribution in [-0.4, -0.2) is 48.3 Å². The maximum atomic E-state index is 11.3. The molecule has 1 aromatic rings. The first kappa shape index (κ1) is 19.7. The molecule has 0 amide bonds. The molecule has 1 atom stereocenters. The van der Waals surface area contributed by atoms with Gasteiger partial charge >= 0.3 is 5.97 Å². The molecule has 3 aliphatic heterocycles. The second kappa shape index (κ2) is 8.73. The fraction of sp³-hybridized carbons (Fsp3) is 0.522. The van der Waals surface area contributed by atoms with Gasteiger partial charge in [-0.15, -0.1) is 6.58 Å². The zero-order valence-corrected chi connectivity index (χ0v) is 16.2. The van der Waals surface area contributed by atoms with E-state index in [0.29, 0.717) is 13.0 Å². The zero-order chi connectivity index (χ0) is 19.3. The lowest BCUT2D eigenvalue weighted by Crippen LogP contribution is -2.58. The van der Waals surface area contributed by atoms with Gasteiger partial charge in [-0.05, 0) is 62.4 Å². The Morgan fingerprint density at radius 1 is 1.44 bits per heavy atom. The SMILES string of the molecule is C=CCc1cc(CCCC(=O)OC)ccc1C#CC1(O)CN2CCC1CC2. The van der Waals surface area contributed by atoms with E-state index in [4.69, 9.17) is 4.74 Å². The molecule has 0 spiro atoms. The molecule has 27 heavy (non-hydrogen) atoms. The lowest BCUT2D eigenvalue weighted by atomic mass is 9.75. The first-order valence-corrected chi connectivity index (χ1v) is 9.81. The van der Waals surface area contributed by atoms with Gasteiger partial charge in [-0.1, -0.05) is 30.0 Å². The zero-order valence-electron chi connectivity index (χ0n) is 16.2. The van der Waals surface area contributed by atoms with E-state index in [9.17, 15) is 9.90 Å². The first-order chi connectivity index (χ1) is 13.0. The number of methoxy groups -OCH3 is 1. The van der Waals surface area contributed by atoms with Crippen molar-refractivity contribution in [2.45, 2.75) is 44.1 Å². The lowest BCUT2D eigenvalue weighted by molar-refractivity contribution is -0.140. The van der Waals surface area contributed by atoms with Crippen molar-refractivity contribution in [2.24, 2.45) is 5.92 Å². The number of rotatable bonds is 6. The van der Waals surface area contributed by atoms with Crippen molar-refractivity contribution in [3.05, 3.63) is 47.5 Å². The molecule has 1 aromatic carbocycles. The molecule has 4 rings (SSSR count). The Balaban J connectivity index is 1.74. The van der Waals surface area contributed by atoms with E-state index in [1.807, 2.05) is 12.1 Å². The van der Waals surface area contributed by atoms with Crippen LogP contribution in [0.1, 0.15) is 42.4 Å². The molecule has 2 bridgehead atoms. The van der Waals surface area contributed by atoms with Crippen LogP contribution >= 0.6 is 0 Å². The number of benzene rings is 1. The van der Waals surface area contributed by atoms with Crippen molar-refractivity contribution in [3.63, 3.8) is 0 Å². The normalized spacial score (nSPS) is 26.1. The highest BCUT2D eigenvalue weighted by atomic mass is 16.5. The molecule has 3 saturated heterocycles. The highest BCUT2D eigenvalue weighted by Crippen LogP contribution is 2.35. The van der Waals surface area contributed by atoms with Crippen LogP contribution in [0.3, 0.4) is 0 Å². The van der Waals surface area contributed by atoms with Gasteiger partial charge in [-0.25, -0.2) is 0 Å². The van der Waals surface area contributed by atoms with E-state index in [2.05, 4.69) is 35.5 Å². The average Bonchev–Trinajstić information content (AvgIpc) is 2.68. The van der Waals surface area contributed by atoms with E-state index in [0.717, 1.165) is 56.3 Å². The maximum Gasteiger partial charge on any atom is 0.305 e. The van der Waals surface area contributed by atoms with Gasteiger partial charge in [0.2, 0.25) is 0 Å². The number of allylic oxidation sites excluding steroid dienone is 1. The molecule has 0 aromatic heterocycles. The Morgan fingerprint density at radius 2 is 2.22 bits per heavy atom. The van der Waals surface area contributed by atoms with Gasteiger partial charge in [0, 0.05) is 24.4 Å². The molecule has 0 aliphatic carbocycles. The number of esters is 1. The van der Waals surface area contributed by atoms with Gasteiger partial charge in [-0.2, -0.15) is 0 Å². The molecular formula is C23H29NO3. The summed E-state index contributed by atoms with van der Waals surface area (Å²) in [6.07, 6.45) is 6.70. The second-order valence-corrected chi connectivity index (χ2v) is 7.64. The van der Waals surface area contributed by atoms with Gasteiger partial charge in [0.05, 0.1) is 7.11 Å². The third-order valence-corrected chi connectivity index (χ3v) is 5.75. The Hall–Kier alpha value is -2.09. The number of hydrogen-bond donors (Lipinski definition) is 1. The van der Waals surface area contributed by atoms with Gasteiger partial charge in [0.15, 0.2) is 0 Å². The number of hydrogen-bond acceptors (Lipinski definition) is 4. The van der Waals surface area contributed by atoms with Crippen molar-refractivity contribution in [1.82, 2.24) is 4.90 Å². The summed E-state index contributed by atoms with van der Waals surface area (Å²) >= 11 is 0. The van der Waals surface area contributed by atoms with Crippen LogP contribution in [0.25, 0.3) is 0 Å². The summed E-state index contributed by atoms with van der Waals surface area (Å²) in [7, 11) is 1.42. The first-order valence-electron chi connectivity index (χ1n) is 9.81. The fourth-order valence-corrected chi connectivity index (χ4v) is 4.14. The standard InChI is InChI=1S/C23H29NO3/c1-3-5-20-16-18(6-4-7-22(25)27-2)8-9-19(20)10-13-23(26)17-24-14-11-21(23)12-15-24/h3,8-9,16,21,26H,1,4-7,11-12,14-15,17H2,2H3. The highest BCUT2D eigenvalue weighted by molar-refractivity contribution is 5.69. The minimum Gasteiger partial charge on any atom is -0.469 e. The molecule has 3 aliphatic rings. The van der Waals surface area contributed by atoms with Crippen molar-refractivity contribution in [3.8, 4) is 11.8 Å². The molecule has 4 nitrogen and oxygen atoms in total. The number of carbonyl (C=O) groups excluding carboxylic acids is 1. The molecule has 144 valence electrons. The Bertz CT molecular complexity index is 753. The molecule has 3 heterocycles. The third-order valence-electron chi connectivity index (χ3n) is 5.75. The van der Waals surface area contributed by atoms with E-state index in [1.54, 1.807) is 0 Å². The molecule has 4 heteroatoms. The third kappa shape index (κ3) is 4.80. The Kier molecular flexibility index (Phi) is 6.36. The van der Waals surface area contributed by atoms with E-state index >= 15 is 0 Å². The molecular weight excluding hydrogens is 338 g/mol. The Labute approximate surface area is 162 Å². The van der Waals surface area contributed by atoms with Crippen molar-refractivity contribution >= 4 is 5.97 Å². The summed E-state index contributed by atoms with van der Waals surface area (Å²) in [6, 6.07) is 6.24. The van der Waals surface area contributed by atoms with Gasteiger partial charge in [0.1, 0.15) is 5.60 Å². The highest BCUT2D eigenvalue weighted by Gasteiger charge is 2.44.